The van der Waals surface area contributed by atoms with Crippen molar-refractivity contribution in [2.45, 2.75) is 96.9 Å². The average molecular weight is 576 g/mol. The number of nitrogens with zero attached hydrogens (tertiary/aromatic N) is 4. The van der Waals surface area contributed by atoms with E-state index in [1.165, 1.54) is 6.33 Å². The molecule has 2 aliphatic rings. The predicted octanol–water partition coefficient (Wildman–Crippen LogP) is 5.25. The highest BCUT2D eigenvalue weighted by Crippen LogP contribution is 2.56. The number of phosphoric acid groups is 1. The number of aromatic nitrogens is 4. The molecule has 0 spiro atoms. The van der Waals surface area contributed by atoms with Crippen LogP contribution in [0.4, 0.5) is 5.69 Å². The lowest BCUT2D eigenvalue weighted by Crippen LogP contribution is -2.33. The van der Waals surface area contributed by atoms with Crippen molar-refractivity contribution in [1.29, 1.82) is 0 Å². The lowest BCUT2D eigenvalue weighted by atomic mass is 10.1. The minimum absolute atomic E-state index is 0.114. The molecule has 40 heavy (non-hydrogen) atoms. The van der Waals surface area contributed by atoms with Gasteiger partial charge in [0.25, 0.3) is 0 Å². The van der Waals surface area contributed by atoms with Crippen LogP contribution in [0.15, 0.2) is 36.9 Å². The van der Waals surface area contributed by atoms with Crippen molar-refractivity contribution in [2.75, 3.05) is 12.3 Å². The first-order chi connectivity index (χ1) is 18.5. The van der Waals surface area contributed by atoms with Gasteiger partial charge in [0.15, 0.2) is 17.7 Å². The summed E-state index contributed by atoms with van der Waals surface area (Å²) in [6.45, 7) is 14.3. The Kier molecular flexibility index (Phi) is 7.36. The molecule has 2 saturated heterocycles. The van der Waals surface area contributed by atoms with E-state index in [2.05, 4.69) is 15.0 Å². The number of nitrogen functional groups attached to an aromatic ring is 1. The fourth-order valence-electron chi connectivity index (χ4n) is 4.86. The van der Waals surface area contributed by atoms with Crippen LogP contribution in [-0.2, 0) is 32.3 Å². The summed E-state index contributed by atoms with van der Waals surface area (Å²) in [5.74, 6) is -0.874. The molecule has 2 aliphatic heterocycles. The molecule has 2 fully saturated rings. The van der Waals surface area contributed by atoms with Gasteiger partial charge in [0, 0.05) is 11.3 Å². The summed E-state index contributed by atoms with van der Waals surface area (Å²) in [5, 5.41) is 0. The van der Waals surface area contributed by atoms with Gasteiger partial charge in [-0.3, -0.25) is 18.1 Å². The summed E-state index contributed by atoms with van der Waals surface area (Å²) < 4.78 is 51.8. The van der Waals surface area contributed by atoms with Crippen LogP contribution in [0.3, 0.4) is 0 Å². The zero-order valence-electron chi connectivity index (χ0n) is 24.2. The zero-order valence-corrected chi connectivity index (χ0v) is 25.0. The van der Waals surface area contributed by atoms with Crippen LogP contribution < -0.4 is 5.73 Å². The van der Waals surface area contributed by atoms with Crippen LogP contribution in [0.5, 0.6) is 0 Å². The third-order valence-corrected chi connectivity index (χ3v) is 8.09. The van der Waals surface area contributed by atoms with Crippen LogP contribution in [0.1, 0.15) is 61.6 Å². The number of ether oxygens (including phenoxy) is 3. The molecule has 12 nitrogen and oxygen atoms in total. The van der Waals surface area contributed by atoms with E-state index in [1.54, 1.807) is 52.4 Å². The van der Waals surface area contributed by atoms with E-state index >= 15 is 0 Å². The molecule has 218 valence electrons. The molecule has 13 heteroatoms. The van der Waals surface area contributed by atoms with Gasteiger partial charge in [0.05, 0.1) is 24.1 Å². The van der Waals surface area contributed by atoms with E-state index in [4.69, 9.17) is 33.5 Å². The zero-order chi connectivity index (χ0) is 29.1. The Morgan fingerprint density at radius 3 is 2.35 bits per heavy atom. The number of anilines is 1. The number of phosphoric ester groups is 1. The van der Waals surface area contributed by atoms with Crippen molar-refractivity contribution in [1.82, 2.24) is 19.5 Å². The van der Waals surface area contributed by atoms with E-state index in [-0.39, 0.29) is 6.61 Å². The van der Waals surface area contributed by atoms with Crippen molar-refractivity contribution in [3.8, 4) is 11.3 Å². The van der Waals surface area contributed by atoms with Crippen molar-refractivity contribution in [2.24, 2.45) is 0 Å². The monoisotopic (exact) mass is 575 g/mol. The molecule has 2 N–H and O–H groups in total. The van der Waals surface area contributed by atoms with Crippen molar-refractivity contribution >= 4 is 24.7 Å². The maximum absolute atomic E-state index is 13.7. The van der Waals surface area contributed by atoms with Gasteiger partial charge in [-0.2, -0.15) is 0 Å². The van der Waals surface area contributed by atoms with Crippen LogP contribution in [0.25, 0.3) is 22.4 Å². The highest BCUT2D eigenvalue weighted by atomic mass is 31.2. The van der Waals surface area contributed by atoms with Crippen LogP contribution in [0.2, 0.25) is 0 Å². The molecule has 0 aliphatic carbocycles. The second-order valence-corrected chi connectivity index (χ2v) is 14.0. The summed E-state index contributed by atoms with van der Waals surface area (Å²) in [4.78, 5) is 13.6. The van der Waals surface area contributed by atoms with Crippen LogP contribution >= 0.6 is 7.82 Å². The molecular formula is C27H38N5O7P. The van der Waals surface area contributed by atoms with E-state index in [0.29, 0.717) is 22.5 Å². The van der Waals surface area contributed by atoms with E-state index < -0.39 is 49.4 Å². The van der Waals surface area contributed by atoms with E-state index in [0.717, 1.165) is 5.56 Å². The summed E-state index contributed by atoms with van der Waals surface area (Å²) >= 11 is 0. The minimum atomic E-state index is -3.97. The Hall–Kier alpha value is -2.44. The van der Waals surface area contributed by atoms with Gasteiger partial charge >= 0.3 is 7.82 Å². The normalized spacial score (nSPS) is 25.0. The van der Waals surface area contributed by atoms with Crippen LogP contribution in [0, 0.1) is 0 Å². The Bertz CT molecular complexity index is 1410. The van der Waals surface area contributed by atoms with Gasteiger partial charge in [0.2, 0.25) is 0 Å². The molecule has 1 aromatic carbocycles. The number of fused-ring (bicyclic) bond motifs is 2. The first-order valence-corrected chi connectivity index (χ1v) is 14.7. The number of hydrogen-bond acceptors (Lipinski definition) is 11. The Labute approximate surface area is 234 Å². The Morgan fingerprint density at radius 1 is 1.02 bits per heavy atom. The highest BCUT2D eigenvalue weighted by Gasteiger charge is 2.57. The van der Waals surface area contributed by atoms with Gasteiger partial charge in [-0.05, 0) is 67.5 Å². The fraction of sp³-hybridized carbons (Fsp3) is 0.593. The first kappa shape index (κ1) is 29.1. The molecule has 5 rings (SSSR count). The van der Waals surface area contributed by atoms with Crippen LogP contribution in [-0.4, -0.2) is 61.4 Å². The molecule has 4 atom stereocenters. The number of imidazole rings is 1. The lowest BCUT2D eigenvalue weighted by Gasteiger charge is -2.32. The average Bonchev–Trinajstić information content (AvgIpc) is 3.45. The van der Waals surface area contributed by atoms with Crippen molar-refractivity contribution < 1.29 is 32.3 Å². The largest absolute Gasteiger partial charge is 0.475 e. The molecule has 3 aromatic rings. The summed E-state index contributed by atoms with van der Waals surface area (Å²) in [5.41, 5.74) is 7.70. The van der Waals surface area contributed by atoms with Gasteiger partial charge < -0.3 is 19.9 Å². The maximum Gasteiger partial charge on any atom is 0.475 e. The second-order valence-electron chi connectivity index (χ2n) is 12.5. The SMILES string of the molecule is CC(C)(C)OP(=O)(OC[C@H]1O[C@@H](n2cnc3c(-c4cccc(N)c4)ncnc32)[C@@H]2OC(C)(C)O[C@@H]21)OC(C)(C)C. The summed E-state index contributed by atoms with van der Waals surface area (Å²) in [6.07, 6.45) is 0.783. The smallest absolute Gasteiger partial charge is 0.399 e. The predicted molar refractivity (Wildman–Crippen MR) is 148 cm³/mol. The Morgan fingerprint density at radius 2 is 1.70 bits per heavy atom. The third kappa shape index (κ3) is 6.23. The standard InChI is InChI=1S/C27H38N5O7P/c1-25(2,3)38-40(33,39-26(4,5)6)34-13-18-21-22(37-27(7,8)36-21)24(35-18)32-15-31-20-19(29-14-30-23(20)32)16-10-9-11-17(28)12-16/h9-12,14-15,18,21-22,24H,13,28H2,1-8H3/t18-,21-,22-,24-/m1/s1. The number of rotatable bonds is 7. The molecule has 0 saturated carbocycles. The number of hydrogen-bond donors (Lipinski definition) is 1. The Balaban J connectivity index is 1.44. The number of nitrogens with two attached hydrogens (primary N) is 1. The summed E-state index contributed by atoms with van der Waals surface area (Å²) in [6, 6.07) is 7.43. The number of benzene rings is 1. The lowest BCUT2D eigenvalue weighted by molar-refractivity contribution is -0.199. The third-order valence-electron chi connectivity index (χ3n) is 6.09. The van der Waals surface area contributed by atoms with Crippen molar-refractivity contribution in [3.05, 3.63) is 36.9 Å². The molecule has 2 aromatic heterocycles. The van der Waals surface area contributed by atoms with E-state index in [9.17, 15) is 4.57 Å². The van der Waals surface area contributed by atoms with Gasteiger partial charge in [-0.25, -0.2) is 19.5 Å². The first-order valence-electron chi connectivity index (χ1n) is 13.2. The minimum Gasteiger partial charge on any atom is -0.399 e. The van der Waals surface area contributed by atoms with Gasteiger partial charge in [-0.1, -0.05) is 12.1 Å². The maximum atomic E-state index is 13.7. The molecule has 0 amide bonds. The van der Waals surface area contributed by atoms with E-state index in [1.807, 2.05) is 38.1 Å². The highest BCUT2D eigenvalue weighted by molar-refractivity contribution is 7.48. The summed E-state index contributed by atoms with van der Waals surface area (Å²) in [7, 11) is -3.97. The second kappa shape index (κ2) is 10.1. The molecule has 0 bridgehead atoms. The quantitative estimate of drug-likeness (QED) is 0.292. The molecule has 0 radical (unpaired) electrons. The molecule has 4 heterocycles. The van der Waals surface area contributed by atoms with Gasteiger partial charge in [0.1, 0.15) is 35.8 Å². The molecular weight excluding hydrogens is 537 g/mol. The fourth-order valence-corrected chi connectivity index (χ4v) is 6.67. The molecule has 0 unspecified atom stereocenters. The topological polar surface area (TPSA) is 142 Å². The van der Waals surface area contributed by atoms with Crippen molar-refractivity contribution in [3.63, 3.8) is 0 Å². The van der Waals surface area contributed by atoms with Gasteiger partial charge in [-0.15, -0.1) is 0 Å².